The number of carbonyl (C=O) groups is 1. The Bertz CT molecular complexity index is 455. The molecule has 0 bridgehead atoms. The molecule has 0 heterocycles. The van der Waals surface area contributed by atoms with Crippen LogP contribution in [0, 0.1) is 5.82 Å². The van der Waals surface area contributed by atoms with Gasteiger partial charge in [-0.05, 0) is 33.8 Å². The summed E-state index contributed by atoms with van der Waals surface area (Å²) in [5, 5.41) is 18.1. The first kappa shape index (κ1) is 15.7. The van der Waals surface area contributed by atoms with Gasteiger partial charge in [0.2, 0.25) is 0 Å². The number of rotatable bonds is 4. The Balaban J connectivity index is 3.23. The van der Waals surface area contributed by atoms with Crippen LogP contribution in [0.25, 0.3) is 0 Å². The summed E-state index contributed by atoms with van der Waals surface area (Å²) in [7, 11) is -1.93. The predicted octanol–water partition coefficient (Wildman–Crippen LogP) is 0.765. The molecule has 0 aromatic heterocycles. The molecule has 0 saturated carbocycles. The van der Waals surface area contributed by atoms with Crippen molar-refractivity contribution < 1.29 is 19.2 Å². The number of nitrogens with zero attached hydrogens (tertiary/aromatic N) is 1. The molecule has 0 unspecified atom stereocenters. The highest BCUT2D eigenvalue weighted by Crippen LogP contribution is 2.14. The zero-order chi connectivity index (χ0) is 14.7. The van der Waals surface area contributed by atoms with E-state index in [1.165, 1.54) is 18.2 Å². The summed E-state index contributed by atoms with van der Waals surface area (Å²) < 4.78 is 14.1. The number of hydrogen-bond donors (Lipinski definition) is 2. The highest BCUT2D eigenvalue weighted by atomic mass is 19.1. The zero-order valence-corrected chi connectivity index (χ0v) is 11.6. The third kappa shape index (κ3) is 3.33. The molecule has 1 aromatic carbocycles. The van der Waals surface area contributed by atoms with Gasteiger partial charge < -0.3 is 14.9 Å². The maximum atomic E-state index is 14.1. The second-order valence-electron chi connectivity index (χ2n) is 4.98. The molecule has 0 aliphatic carbocycles. The number of carbonyl (C=O) groups excluding carboxylic acids is 1. The van der Waals surface area contributed by atoms with E-state index in [-0.39, 0.29) is 23.1 Å². The molecule has 0 spiro atoms. The molecule has 6 heteroatoms. The van der Waals surface area contributed by atoms with Crippen molar-refractivity contribution >= 4 is 18.5 Å². The summed E-state index contributed by atoms with van der Waals surface area (Å²) >= 11 is 0. The maximum absolute atomic E-state index is 14.1. The van der Waals surface area contributed by atoms with Crippen LogP contribution in [0.4, 0.5) is 4.39 Å². The lowest BCUT2D eigenvalue weighted by molar-refractivity contribution is 0.0639. The number of amides is 1. The van der Waals surface area contributed by atoms with Gasteiger partial charge in [-0.1, -0.05) is 12.1 Å². The van der Waals surface area contributed by atoms with Gasteiger partial charge in [-0.25, -0.2) is 4.39 Å². The van der Waals surface area contributed by atoms with E-state index in [1.807, 2.05) is 27.7 Å². The quantitative estimate of drug-likeness (QED) is 0.792. The molecular weight excluding hydrogens is 248 g/mol. The van der Waals surface area contributed by atoms with Crippen molar-refractivity contribution in [2.24, 2.45) is 0 Å². The molecule has 1 rings (SSSR count). The molecule has 1 amide bonds. The highest BCUT2D eigenvalue weighted by molar-refractivity contribution is 6.58. The summed E-state index contributed by atoms with van der Waals surface area (Å²) in [6.07, 6.45) is 0. The number of benzene rings is 1. The van der Waals surface area contributed by atoms with E-state index in [4.69, 9.17) is 10.0 Å². The average Bonchev–Trinajstić information content (AvgIpc) is 2.27. The lowest BCUT2D eigenvalue weighted by Crippen LogP contribution is -2.43. The molecule has 0 saturated heterocycles. The third-order valence-electron chi connectivity index (χ3n) is 2.88. The van der Waals surface area contributed by atoms with E-state index in [1.54, 1.807) is 4.90 Å². The Morgan fingerprint density at radius 3 is 2.16 bits per heavy atom. The minimum atomic E-state index is -1.93. The van der Waals surface area contributed by atoms with Crippen molar-refractivity contribution in [3.63, 3.8) is 0 Å². The van der Waals surface area contributed by atoms with Gasteiger partial charge in [0.1, 0.15) is 5.82 Å². The normalized spacial score (nSPS) is 11.0. The summed E-state index contributed by atoms with van der Waals surface area (Å²) in [6, 6.07) is 3.88. The first-order valence-corrected chi connectivity index (χ1v) is 6.24. The minimum Gasteiger partial charge on any atom is -0.423 e. The molecule has 0 aliphatic rings. The monoisotopic (exact) mass is 267 g/mol. The third-order valence-corrected chi connectivity index (χ3v) is 2.88. The van der Waals surface area contributed by atoms with E-state index in [2.05, 4.69) is 0 Å². The Morgan fingerprint density at radius 1 is 1.21 bits per heavy atom. The predicted molar refractivity (Wildman–Crippen MR) is 72.7 cm³/mol. The van der Waals surface area contributed by atoms with E-state index < -0.39 is 18.8 Å². The van der Waals surface area contributed by atoms with Crippen molar-refractivity contribution in [1.82, 2.24) is 4.90 Å². The molecule has 2 N–H and O–H groups in total. The van der Waals surface area contributed by atoms with Gasteiger partial charge >= 0.3 is 7.12 Å². The molecule has 19 heavy (non-hydrogen) atoms. The van der Waals surface area contributed by atoms with Crippen molar-refractivity contribution in [2.45, 2.75) is 39.8 Å². The van der Waals surface area contributed by atoms with Crippen LogP contribution in [-0.2, 0) is 0 Å². The molecule has 104 valence electrons. The van der Waals surface area contributed by atoms with Crippen LogP contribution in [0.1, 0.15) is 38.1 Å². The van der Waals surface area contributed by atoms with Crippen LogP contribution in [0.5, 0.6) is 0 Å². The maximum Gasteiger partial charge on any atom is 0.491 e. The van der Waals surface area contributed by atoms with Crippen LogP contribution in [0.2, 0.25) is 0 Å². The smallest absolute Gasteiger partial charge is 0.423 e. The summed E-state index contributed by atoms with van der Waals surface area (Å²) in [6.45, 7) is 7.39. The highest BCUT2D eigenvalue weighted by Gasteiger charge is 2.27. The van der Waals surface area contributed by atoms with Crippen LogP contribution >= 0.6 is 0 Å². The first-order valence-electron chi connectivity index (χ1n) is 6.24. The van der Waals surface area contributed by atoms with Gasteiger partial charge in [-0.15, -0.1) is 0 Å². The van der Waals surface area contributed by atoms with Gasteiger partial charge in [0.05, 0.1) is 5.56 Å². The van der Waals surface area contributed by atoms with Gasteiger partial charge in [-0.2, -0.15) is 0 Å². The topological polar surface area (TPSA) is 60.8 Å². The number of hydrogen-bond acceptors (Lipinski definition) is 3. The van der Waals surface area contributed by atoms with Gasteiger partial charge in [0, 0.05) is 17.5 Å². The fourth-order valence-corrected chi connectivity index (χ4v) is 2.12. The van der Waals surface area contributed by atoms with Crippen LogP contribution in [0.3, 0.4) is 0 Å². The summed E-state index contributed by atoms with van der Waals surface area (Å²) in [4.78, 5) is 13.9. The van der Waals surface area contributed by atoms with E-state index in [0.717, 1.165) is 0 Å². The van der Waals surface area contributed by atoms with Crippen LogP contribution in [0.15, 0.2) is 18.2 Å². The SMILES string of the molecule is CC(C)N(C(=O)c1cccc(B(O)O)c1F)C(C)C. The fourth-order valence-electron chi connectivity index (χ4n) is 2.12. The Morgan fingerprint density at radius 2 is 1.74 bits per heavy atom. The lowest BCUT2D eigenvalue weighted by Gasteiger charge is -2.31. The molecule has 0 radical (unpaired) electrons. The number of halogens is 1. The fraction of sp³-hybridized carbons (Fsp3) is 0.462. The second-order valence-corrected chi connectivity index (χ2v) is 4.98. The van der Waals surface area contributed by atoms with Gasteiger partial charge in [-0.3, -0.25) is 4.79 Å². The van der Waals surface area contributed by atoms with Crippen molar-refractivity contribution in [3.05, 3.63) is 29.6 Å². The Kier molecular flexibility index (Phi) is 5.08. The lowest BCUT2D eigenvalue weighted by atomic mass is 9.79. The molecule has 1 aromatic rings. The minimum absolute atomic E-state index is 0.0744. The molecule has 0 aliphatic heterocycles. The molecule has 0 atom stereocenters. The van der Waals surface area contributed by atoms with Gasteiger partial charge in [0.25, 0.3) is 5.91 Å². The largest absolute Gasteiger partial charge is 0.491 e. The van der Waals surface area contributed by atoms with Gasteiger partial charge in [0.15, 0.2) is 0 Å². The van der Waals surface area contributed by atoms with Crippen molar-refractivity contribution in [1.29, 1.82) is 0 Å². The Labute approximate surface area is 113 Å². The van der Waals surface area contributed by atoms with Crippen molar-refractivity contribution in [2.75, 3.05) is 0 Å². The second kappa shape index (κ2) is 6.17. The van der Waals surface area contributed by atoms with Crippen LogP contribution in [-0.4, -0.2) is 40.1 Å². The van der Waals surface area contributed by atoms with E-state index >= 15 is 0 Å². The molecular formula is C13H19BFNO3. The summed E-state index contributed by atoms with van der Waals surface area (Å²) in [5.41, 5.74) is -0.439. The standard InChI is InChI=1S/C13H19BFNO3/c1-8(2)16(9(3)4)13(17)10-6-5-7-11(12(10)15)14(18)19/h5-9,18-19H,1-4H3. The van der Waals surface area contributed by atoms with E-state index in [0.29, 0.717) is 0 Å². The van der Waals surface area contributed by atoms with Crippen molar-refractivity contribution in [3.8, 4) is 0 Å². The molecule has 4 nitrogen and oxygen atoms in total. The van der Waals surface area contributed by atoms with E-state index in [9.17, 15) is 9.18 Å². The average molecular weight is 267 g/mol. The molecule has 0 fully saturated rings. The summed E-state index contributed by atoms with van der Waals surface area (Å²) in [5.74, 6) is -1.33. The zero-order valence-electron chi connectivity index (χ0n) is 11.6. The Hall–Kier alpha value is -1.40. The first-order chi connectivity index (χ1) is 8.77. The van der Waals surface area contributed by atoms with Crippen LogP contribution < -0.4 is 5.46 Å².